The number of benzene rings is 1. The van der Waals surface area contributed by atoms with Gasteiger partial charge in [0, 0.05) is 6.42 Å². The van der Waals surface area contributed by atoms with E-state index < -0.39 is 18.7 Å². The molecule has 1 rings (SSSR count). The Morgan fingerprint density at radius 3 is 2.29 bits per heavy atom. The summed E-state index contributed by atoms with van der Waals surface area (Å²) in [6.45, 7) is 0. The van der Waals surface area contributed by atoms with E-state index in [-0.39, 0.29) is 12.8 Å². The zero-order chi connectivity index (χ0) is 12.7. The Morgan fingerprint density at radius 2 is 1.71 bits per heavy atom. The summed E-state index contributed by atoms with van der Waals surface area (Å²) >= 11 is 0. The van der Waals surface area contributed by atoms with Crippen LogP contribution < -0.4 is 0 Å². The van der Waals surface area contributed by atoms with Gasteiger partial charge in [0.25, 0.3) is 0 Å². The Bertz CT molecular complexity index is 308. The molecule has 17 heavy (non-hydrogen) atoms. The lowest BCUT2D eigenvalue weighted by Gasteiger charge is -2.11. The molecule has 0 fully saturated rings. The highest BCUT2D eigenvalue weighted by Crippen LogP contribution is 2.23. The van der Waals surface area contributed by atoms with Crippen LogP contribution in [-0.4, -0.2) is 17.4 Å². The van der Waals surface area contributed by atoms with Crippen LogP contribution in [0.3, 0.4) is 0 Å². The lowest BCUT2D eigenvalue weighted by molar-refractivity contribution is -0.136. The summed E-state index contributed by atoms with van der Waals surface area (Å²) in [7, 11) is 0. The van der Waals surface area contributed by atoms with Crippen molar-refractivity contribution in [2.24, 2.45) is 0 Å². The summed E-state index contributed by atoms with van der Waals surface area (Å²) in [5.41, 5.74) is 1.10. The number of hydrogen-bond donors (Lipinski definition) is 1. The largest absolute Gasteiger partial charge is 0.393 e. The quantitative estimate of drug-likeness (QED) is 0.811. The molecule has 0 aliphatic carbocycles. The van der Waals surface area contributed by atoms with Gasteiger partial charge in [0.2, 0.25) is 0 Å². The molecule has 0 aromatic heterocycles. The van der Waals surface area contributed by atoms with Gasteiger partial charge in [-0.25, -0.2) is 0 Å². The van der Waals surface area contributed by atoms with Gasteiger partial charge in [-0.3, -0.25) is 0 Å². The van der Waals surface area contributed by atoms with Crippen molar-refractivity contribution in [1.29, 1.82) is 0 Å². The Balaban J connectivity index is 2.15. The Hall–Kier alpha value is -1.03. The zero-order valence-corrected chi connectivity index (χ0v) is 9.58. The number of aryl methyl sites for hydroxylation is 1. The second kappa shape index (κ2) is 6.64. The molecule has 1 aromatic carbocycles. The molecule has 0 spiro atoms. The zero-order valence-electron chi connectivity index (χ0n) is 9.58. The monoisotopic (exact) mass is 246 g/mol. The van der Waals surface area contributed by atoms with Crippen LogP contribution in [0, 0.1) is 0 Å². The van der Waals surface area contributed by atoms with Gasteiger partial charge in [-0.2, -0.15) is 13.2 Å². The van der Waals surface area contributed by atoms with Gasteiger partial charge in [-0.05, 0) is 31.2 Å². The SMILES string of the molecule is OC(CCCC(F)(F)F)CCc1ccccc1. The maximum absolute atomic E-state index is 11.9. The molecule has 0 aliphatic rings. The van der Waals surface area contributed by atoms with E-state index in [9.17, 15) is 18.3 Å². The van der Waals surface area contributed by atoms with Crippen LogP contribution in [0.1, 0.15) is 31.2 Å². The van der Waals surface area contributed by atoms with Crippen LogP contribution in [0.5, 0.6) is 0 Å². The van der Waals surface area contributed by atoms with Crippen molar-refractivity contribution < 1.29 is 18.3 Å². The van der Waals surface area contributed by atoms with Crippen LogP contribution in [0.15, 0.2) is 30.3 Å². The molecule has 0 aliphatic heterocycles. The molecular formula is C13H17F3O. The average molecular weight is 246 g/mol. The molecular weight excluding hydrogens is 229 g/mol. The standard InChI is InChI=1S/C13H17F3O/c14-13(15,16)10-4-7-12(17)9-8-11-5-2-1-3-6-11/h1-3,5-6,12,17H,4,7-10H2. The molecule has 1 nitrogen and oxygen atoms in total. The molecule has 0 saturated carbocycles. The Kier molecular flexibility index (Phi) is 5.48. The fourth-order valence-corrected chi connectivity index (χ4v) is 1.66. The van der Waals surface area contributed by atoms with Crippen LogP contribution >= 0.6 is 0 Å². The van der Waals surface area contributed by atoms with E-state index in [1.807, 2.05) is 30.3 Å². The number of rotatable bonds is 6. The first-order valence-corrected chi connectivity index (χ1v) is 5.76. The first kappa shape index (κ1) is 14.0. The summed E-state index contributed by atoms with van der Waals surface area (Å²) in [5.74, 6) is 0. The molecule has 0 radical (unpaired) electrons. The predicted octanol–water partition coefficient (Wildman–Crippen LogP) is 3.71. The predicted molar refractivity (Wildman–Crippen MR) is 60.7 cm³/mol. The van der Waals surface area contributed by atoms with Crippen molar-refractivity contribution in [3.8, 4) is 0 Å². The van der Waals surface area contributed by atoms with E-state index in [1.165, 1.54) is 0 Å². The third-order valence-corrected chi connectivity index (χ3v) is 2.61. The molecule has 1 N–H and O–H groups in total. The van der Waals surface area contributed by atoms with Crippen molar-refractivity contribution >= 4 is 0 Å². The molecule has 4 heteroatoms. The first-order chi connectivity index (χ1) is 7.97. The lowest BCUT2D eigenvalue weighted by atomic mass is 10.0. The fraction of sp³-hybridized carbons (Fsp3) is 0.538. The first-order valence-electron chi connectivity index (χ1n) is 5.76. The van der Waals surface area contributed by atoms with E-state index in [1.54, 1.807) is 0 Å². The Labute approximate surface area is 99.3 Å². The lowest BCUT2D eigenvalue weighted by Crippen LogP contribution is -2.12. The van der Waals surface area contributed by atoms with Crippen molar-refractivity contribution in [3.05, 3.63) is 35.9 Å². The maximum atomic E-state index is 11.9. The van der Waals surface area contributed by atoms with E-state index in [4.69, 9.17) is 0 Å². The minimum atomic E-state index is -4.11. The van der Waals surface area contributed by atoms with Crippen LogP contribution in [0.4, 0.5) is 13.2 Å². The van der Waals surface area contributed by atoms with Crippen molar-refractivity contribution in [1.82, 2.24) is 0 Å². The van der Waals surface area contributed by atoms with E-state index in [0.717, 1.165) is 5.56 Å². The normalized spacial score (nSPS) is 13.6. The number of alkyl halides is 3. The number of aliphatic hydroxyl groups excluding tert-OH is 1. The third kappa shape index (κ3) is 7.00. The number of halogens is 3. The molecule has 1 aromatic rings. The summed E-state index contributed by atoms with van der Waals surface area (Å²) in [5, 5.41) is 9.54. The second-order valence-electron chi connectivity index (χ2n) is 4.19. The smallest absolute Gasteiger partial charge is 0.389 e. The van der Waals surface area contributed by atoms with Crippen molar-refractivity contribution in [2.45, 2.75) is 44.4 Å². The van der Waals surface area contributed by atoms with Gasteiger partial charge in [0.05, 0.1) is 6.10 Å². The molecule has 1 unspecified atom stereocenters. The van der Waals surface area contributed by atoms with Crippen LogP contribution in [0.2, 0.25) is 0 Å². The van der Waals surface area contributed by atoms with Gasteiger partial charge in [-0.15, -0.1) is 0 Å². The van der Waals surface area contributed by atoms with Gasteiger partial charge in [-0.1, -0.05) is 30.3 Å². The fourth-order valence-electron chi connectivity index (χ4n) is 1.66. The van der Waals surface area contributed by atoms with E-state index in [0.29, 0.717) is 12.8 Å². The Morgan fingerprint density at radius 1 is 1.06 bits per heavy atom. The highest BCUT2D eigenvalue weighted by Gasteiger charge is 2.26. The van der Waals surface area contributed by atoms with Crippen molar-refractivity contribution in [2.75, 3.05) is 0 Å². The molecule has 1 atom stereocenters. The molecule has 0 bridgehead atoms. The average Bonchev–Trinajstić information content (AvgIpc) is 2.26. The highest BCUT2D eigenvalue weighted by atomic mass is 19.4. The molecule has 0 amide bonds. The topological polar surface area (TPSA) is 20.2 Å². The van der Waals surface area contributed by atoms with E-state index in [2.05, 4.69) is 0 Å². The molecule has 96 valence electrons. The van der Waals surface area contributed by atoms with Gasteiger partial charge in [0.15, 0.2) is 0 Å². The van der Waals surface area contributed by atoms with Gasteiger partial charge >= 0.3 is 6.18 Å². The third-order valence-electron chi connectivity index (χ3n) is 2.61. The van der Waals surface area contributed by atoms with Gasteiger partial charge < -0.3 is 5.11 Å². The summed E-state index contributed by atoms with van der Waals surface area (Å²) in [6.07, 6.45) is -4.13. The van der Waals surface area contributed by atoms with E-state index >= 15 is 0 Å². The molecule has 0 heterocycles. The molecule has 0 saturated heterocycles. The number of hydrogen-bond acceptors (Lipinski definition) is 1. The number of aliphatic hydroxyl groups is 1. The minimum absolute atomic E-state index is 0.000539. The van der Waals surface area contributed by atoms with Crippen molar-refractivity contribution in [3.63, 3.8) is 0 Å². The summed E-state index contributed by atoms with van der Waals surface area (Å²) in [4.78, 5) is 0. The minimum Gasteiger partial charge on any atom is -0.393 e. The van der Waals surface area contributed by atoms with Gasteiger partial charge in [0.1, 0.15) is 0 Å². The second-order valence-corrected chi connectivity index (χ2v) is 4.19. The van der Waals surface area contributed by atoms with Crippen LogP contribution in [-0.2, 0) is 6.42 Å². The maximum Gasteiger partial charge on any atom is 0.389 e. The summed E-state index contributed by atoms with van der Waals surface area (Å²) < 4.78 is 35.6. The van der Waals surface area contributed by atoms with Crippen LogP contribution in [0.25, 0.3) is 0 Å². The summed E-state index contributed by atoms with van der Waals surface area (Å²) in [6, 6.07) is 9.62. The highest BCUT2D eigenvalue weighted by molar-refractivity contribution is 5.14.